The maximum absolute atomic E-state index is 10.8. The summed E-state index contributed by atoms with van der Waals surface area (Å²) in [6.45, 7) is 3.72. The Morgan fingerprint density at radius 1 is 1.56 bits per heavy atom. The number of rotatable bonds is 5. The average Bonchev–Trinajstić information content (AvgIpc) is 2.20. The number of halogens is 1. The van der Waals surface area contributed by atoms with Gasteiger partial charge in [-0.15, -0.1) is 0 Å². The van der Waals surface area contributed by atoms with E-state index in [2.05, 4.69) is 0 Å². The van der Waals surface area contributed by atoms with Gasteiger partial charge in [-0.3, -0.25) is 0 Å². The van der Waals surface area contributed by atoms with Crippen LogP contribution in [0.25, 0.3) is 0 Å². The lowest BCUT2D eigenvalue weighted by Gasteiger charge is -2.20. The van der Waals surface area contributed by atoms with Gasteiger partial charge in [-0.25, -0.2) is 0 Å². The van der Waals surface area contributed by atoms with Crippen LogP contribution in [-0.2, 0) is 4.79 Å². The molecule has 1 unspecified atom stereocenters. The molecule has 0 aliphatic heterocycles. The molecule has 1 aromatic carbocycles. The van der Waals surface area contributed by atoms with E-state index >= 15 is 0 Å². The molecule has 0 bridgehead atoms. The zero-order chi connectivity index (χ0) is 12.1. The normalized spacial score (nSPS) is 12.2. The van der Waals surface area contributed by atoms with Crippen LogP contribution in [0.5, 0.6) is 5.75 Å². The summed E-state index contributed by atoms with van der Waals surface area (Å²) in [5.74, 6) is -0.650. The molecule has 4 heteroatoms. The van der Waals surface area contributed by atoms with Gasteiger partial charge in [-0.1, -0.05) is 24.9 Å². The predicted octanol–water partition coefficient (Wildman–Crippen LogP) is 1.95. The fraction of sp³-hybridized carbons (Fsp3) is 0.417. The van der Waals surface area contributed by atoms with Crippen molar-refractivity contribution in [2.45, 2.75) is 32.8 Å². The first-order chi connectivity index (χ1) is 7.54. The molecule has 16 heavy (non-hydrogen) atoms. The molecule has 0 saturated heterocycles. The molecule has 0 heterocycles. The molecule has 3 nitrogen and oxygen atoms in total. The number of benzene rings is 1. The van der Waals surface area contributed by atoms with Crippen LogP contribution in [0.3, 0.4) is 0 Å². The van der Waals surface area contributed by atoms with Gasteiger partial charge in [0.1, 0.15) is 11.9 Å². The molecule has 0 saturated carbocycles. The number of carbonyl (C=O) groups is 1. The Morgan fingerprint density at radius 2 is 2.25 bits per heavy atom. The lowest BCUT2D eigenvalue weighted by molar-refractivity contribution is -0.313. The van der Waals surface area contributed by atoms with Crippen LogP contribution in [-0.4, -0.2) is 12.1 Å². The Bertz CT molecular complexity index is 377. The van der Waals surface area contributed by atoms with Crippen LogP contribution in [0.2, 0.25) is 5.02 Å². The number of hydrogen-bond donors (Lipinski definition) is 0. The lowest BCUT2D eigenvalue weighted by atomic mass is 10.2. The third-order valence-corrected chi connectivity index (χ3v) is 2.46. The van der Waals surface area contributed by atoms with Gasteiger partial charge in [0.25, 0.3) is 0 Å². The SMILES string of the molecule is CCCC(Oc1ccc(Cl)cc1C)C(=O)[O-]. The number of ether oxygens (including phenoxy) is 1. The number of aliphatic carboxylic acids is 1. The molecular formula is C12H14ClO3-. The first kappa shape index (κ1) is 12.8. The number of carbonyl (C=O) groups excluding carboxylic acids is 1. The van der Waals surface area contributed by atoms with Crippen molar-refractivity contribution in [2.24, 2.45) is 0 Å². The molecule has 1 aromatic rings. The van der Waals surface area contributed by atoms with Gasteiger partial charge in [0, 0.05) is 5.02 Å². The van der Waals surface area contributed by atoms with E-state index < -0.39 is 12.1 Å². The number of carboxylic acids is 1. The summed E-state index contributed by atoms with van der Waals surface area (Å²) in [7, 11) is 0. The maximum Gasteiger partial charge on any atom is 0.138 e. The molecule has 88 valence electrons. The highest BCUT2D eigenvalue weighted by molar-refractivity contribution is 6.30. The van der Waals surface area contributed by atoms with E-state index in [0.717, 1.165) is 12.0 Å². The largest absolute Gasteiger partial charge is 0.546 e. The average molecular weight is 242 g/mol. The zero-order valence-electron chi connectivity index (χ0n) is 9.33. The second-order valence-corrected chi connectivity index (χ2v) is 4.06. The zero-order valence-corrected chi connectivity index (χ0v) is 10.1. The predicted molar refractivity (Wildman–Crippen MR) is 60.5 cm³/mol. The highest BCUT2D eigenvalue weighted by Crippen LogP contribution is 2.23. The molecule has 0 aliphatic rings. The monoisotopic (exact) mass is 241 g/mol. The molecule has 0 aliphatic carbocycles. The molecule has 0 amide bonds. The summed E-state index contributed by atoms with van der Waals surface area (Å²) in [5.41, 5.74) is 0.815. The molecule has 1 rings (SSSR count). The first-order valence-electron chi connectivity index (χ1n) is 5.18. The van der Waals surface area contributed by atoms with Crippen molar-refractivity contribution in [3.63, 3.8) is 0 Å². The van der Waals surface area contributed by atoms with E-state index in [-0.39, 0.29) is 0 Å². The van der Waals surface area contributed by atoms with E-state index in [9.17, 15) is 9.90 Å². The summed E-state index contributed by atoms with van der Waals surface area (Å²) in [4.78, 5) is 10.8. The van der Waals surface area contributed by atoms with Crippen LogP contribution in [0.15, 0.2) is 18.2 Å². The van der Waals surface area contributed by atoms with E-state index in [0.29, 0.717) is 17.2 Å². The minimum atomic E-state index is -1.18. The standard InChI is InChI=1S/C12H15ClO3/c1-3-4-11(12(14)15)16-10-6-5-9(13)7-8(10)2/h5-7,11H,3-4H2,1-2H3,(H,14,15)/p-1. The van der Waals surface area contributed by atoms with Crippen molar-refractivity contribution in [1.82, 2.24) is 0 Å². The van der Waals surface area contributed by atoms with Gasteiger partial charge in [-0.2, -0.15) is 0 Å². The molecule has 0 fully saturated rings. The molecule has 0 spiro atoms. The number of carboxylic acid groups (broad SMARTS) is 1. The second-order valence-electron chi connectivity index (χ2n) is 3.62. The van der Waals surface area contributed by atoms with Crippen molar-refractivity contribution in [3.05, 3.63) is 28.8 Å². The summed E-state index contributed by atoms with van der Waals surface area (Å²) in [6.07, 6.45) is 0.264. The Labute approximate surface area is 100.0 Å². The topological polar surface area (TPSA) is 49.4 Å². The van der Waals surface area contributed by atoms with Gasteiger partial charge in [0.15, 0.2) is 0 Å². The first-order valence-corrected chi connectivity index (χ1v) is 5.56. The Hall–Kier alpha value is -1.22. The highest BCUT2D eigenvalue weighted by atomic mass is 35.5. The fourth-order valence-electron chi connectivity index (χ4n) is 1.39. The van der Waals surface area contributed by atoms with Crippen molar-refractivity contribution in [2.75, 3.05) is 0 Å². The van der Waals surface area contributed by atoms with Gasteiger partial charge >= 0.3 is 0 Å². The van der Waals surface area contributed by atoms with Crippen molar-refractivity contribution < 1.29 is 14.6 Å². The van der Waals surface area contributed by atoms with E-state index in [1.54, 1.807) is 18.2 Å². The molecule has 0 N–H and O–H groups in total. The number of aryl methyl sites for hydroxylation is 1. The smallest absolute Gasteiger partial charge is 0.138 e. The van der Waals surface area contributed by atoms with Crippen molar-refractivity contribution >= 4 is 17.6 Å². The third kappa shape index (κ3) is 3.42. The van der Waals surface area contributed by atoms with Gasteiger partial charge in [-0.05, 0) is 37.1 Å². The van der Waals surface area contributed by atoms with E-state index in [4.69, 9.17) is 16.3 Å². The van der Waals surface area contributed by atoms with Crippen molar-refractivity contribution in [1.29, 1.82) is 0 Å². The van der Waals surface area contributed by atoms with E-state index in [1.807, 2.05) is 13.8 Å². The molecular weight excluding hydrogens is 228 g/mol. The lowest BCUT2D eigenvalue weighted by Crippen LogP contribution is -2.39. The Kier molecular flexibility index (Phi) is 4.62. The van der Waals surface area contributed by atoms with Gasteiger partial charge in [0.05, 0.1) is 5.97 Å². The molecule has 0 radical (unpaired) electrons. The minimum absolute atomic E-state index is 0.435. The van der Waals surface area contributed by atoms with E-state index in [1.165, 1.54) is 0 Å². The second kappa shape index (κ2) is 5.75. The number of hydrogen-bond acceptors (Lipinski definition) is 3. The van der Waals surface area contributed by atoms with Crippen LogP contribution < -0.4 is 9.84 Å². The van der Waals surface area contributed by atoms with Crippen LogP contribution in [0, 0.1) is 6.92 Å². The molecule has 1 atom stereocenters. The summed E-state index contributed by atoms with van der Waals surface area (Å²) < 4.78 is 5.38. The summed E-state index contributed by atoms with van der Waals surface area (Å²) in [6, 6.07) is 5.07. The Balaban J connectivity index is 2.81. The molecule has 0 aromatic heterocycles. The maximum atomic E-state index is 10.8. The minimum Gasteiger partial charge on any atom is -0.546 e. The fourth-order valence-corrected chi connectivity index (χ4v) is 1.61. The van der Waals surface area contributed by atoms with Gasteiger partial charge < -0.3 is 14.6 Å². The summed E-state index contributed by atoms with van der Waals surface area (Å²) in [5, 5.41) is 11.4. The highest BCUT2D eigenvalue weighted by Gasteiger charge is 2.12. The Morgan fingerprint density at radius 3 is 2.75 bits per heavy atom. The summed E-state index contributed by atoms with van der Waals surface area (Å²) >= 11 is 5.79. The third-order valence-electron chi connectivity index (χ3n) is 2.22. The van der Waals surface area contributed by atoms with Crippen LogP contribution >= 0.6 is 11.6 Å². The van der Waals surface area contributed by atoms with Crippen molar-refractivity contribution in [3.8, 4) is 5.75 Å². The van der Waals surface area contributed by atoms with Crippen LogP contribution in [0.4, 0.5) is 0 Å². The van der Waals surface area contributed by atoms with Crippen LogP contribution in [0.1, 0.15) is 25.3 Å². The van der Waals surface area contributed by atoms with Gasteiger partial charge in [0.2, 0.25) is 0 Å². The quantitative estimate of drug-likeness (QED) is 0.792.